The number of hydrogen-bond donors (Lipinski definition) is 1. The third-order valence-electron chi connectivity index (χ3n) is 3.45. The number of rotatable bonds is 3. The van der Waals surface area contributed by atoms with Crippen molar-refractivity contribution in [3.63, 3.8) is 0 Å². The predicted molar refractivity (Wildman–Crippen MR) is 68.5 cm³/mol. The van der Waals surface area contributed by atoms with Crippen LogP contribution in [0.15, 0.2) is 30.3 Å². The van der Waals surface area contributed by atoms with Crippen molar-refractivity contribution in [2.24, 2.45) is 5.92 Å². The van der Waals surface area contributed by atoms with E-state index >= 15 is 0 Å². The Kier molecular flexibility index (Phi) is 4.15. The molecule has 1 aliphatic rings. The van der Waals surface area contributed by atoms with Crippen LogP contribution < -0.4 is 5.32 Å². The number of nitrogens with one attached hydrogen (secondary N) is 1. The van der Waals surface area contributed by atoms with Crippen molar-refractivity contribution in [2.75, 3.05) is 20.1 Å². The van der Waals surface area contributed by atoms with Gasteiger partial charge in [0.05, 0.1) is 0 Å². The zero-order valence-corrected chi connectivity index (χ0v) is 10.4. The average Bonchev–Trinajstić information content (AvgIpc) is 2.40. The molecule has 1 saturated heterocycles. The van der Waals surface area contributed by atoms with Crippen LogP contribution in [0, 0.1) is 5.92 Å². The molecular weight excluding hydrogens is 212 g/mol. The second-order valence-corrected chi connectivity index (χ2v) is 4.65. The van der Waals surface area contributed by atoms with Gasteiger partial charge in [-0.2, -0.15) is 0 Å². The molecule has 92 valence electrons. The minimum absolute atomic E-state index is 0.198. The van der Waals surface area contributed by atoms with E-state index in [0.717, 1.165) is 32.5 Å². The Bertz CT molecular complexity index is 356. The molecule has 0 bridgehead atoms. The van der Waals surface area contributed by atoms with Gasteiger partial charge in [0, 0.05) is 19.5 Å². The van der Waals surface area contributed by atoms with Crippen LogP contribution in [0.1, 0.15) is 18.4 Å². The van der Waals surface area contributed by atoms with Gasteiger partial charge >= 0.3 is 0 Å². The second-order valence-electron chi connectivity index (χ2n) is 4.65. The standard InChI is InChI=1S/C14H20N2O/c1-15-14(17)13-7-9-16(10-8-13)11-12-5-3-2-4-6-12/h2-6,13H,7-11H2,1H3,(H,15,17). The van der Waals surface area contributed by atoms with E-state index in [9.17, 15) is 4.79 Å². The summed E-state index contributed by atoms with van der Waals surface area (Å²) in [4.78, 5) is 13.9. The number of amides is 1. The van der Waals surface area contributed by atoms with E-state index in [1.807, 2.05) is 6.07 Å². The van der Waals surface area contributed by atoms with Gasteiger partial charge < -0.3 is 5.32 Å². The van der Waals surface area contributed by atoms with E-state index in [0.29, 0.717) is 0 Å². The van der Waals surface area contributed by atoms with Crippen molar-refractivity contribution in [3.8, 4) is 0 Å². The number of piperidine rings is 1. The maximum atomic E-state index is 11.5. The van der Waals surface area contributed by atoms with Crippen LogP contribution >= 0.6 is 0 Å². The van der Waals surface area contributed by atoms with Gasteiger partial charge in [-0.05, 0) is 31.5 Å². The smallest absolute Gasteiger partial charge is 0.222 e. The molecule has 0 spiro atoms. The number of carbonyl (C=O) groups excluding carboxylic acids is 1. The Hall–Kier alpha value is -1.35. The summed E-state index contributed by atoms with van der Waals surface area (Å²) in [6.07, 6.45) is 1.96. The molecule has 1 N–H and O–H groups in total. The summed E-state index contributed by atoms with van der Waals surface area (Å²) >= 11 is 0. The number of benzene rings is 1. The minimum Gasteiger partial charge on any atom is -0.359 e. The first-order chi connectivity index (χ1) is 8.29. The third-order valence-corrected chi connectivity index (χ3v) is 3.45. The van der Waals surface area contributed by atoms with Gasteiger partial charge in [0.15, 0.2) is 0 Å². The van der Waals surface area contributed by atoms with Gasteiger partial charge in [-0.3, -0.25) is 9.69 Å². The molecule has 1 heterocycles. The molecule has 0 saturated carbocycles. The quantitative estimate of drug-likeness (QED) is 0.859. The lowest BCUT2D eigenvalue weighted by Crippen LogP contribution is -2.39. The van der Waals surface area contributed by atoms with Crippen molar-refractivity contribution < 1.29 is 4.79 Å². The van der Waals surface area contributed by atoms with E-state index in [4.69, 9.17) is 0 Å². The maximum Gasteiger partial charge on any atom is 0.222 e. The molecule has 1 fully saturated rings. The zero-order chi connectivity index (χ0) is 12.1. The van der Waals surface area contributed by atoms with E-state index < -0.39 is 0 Å². The third kappa shape index (κ3) is 3.30. The first-order valence-corrected chi connectivity index (χ1v) is 6.27. The number of nitrogens with zero attached hydrogens (tertiary/aromatic N) is 1. The normalized spacial score (nSPS) is 17.9. The first kappa shape index (κ1) is 12.1. The SMILES string of the molecule is CNC(=O)C1CCN(Cc2ccccc2)CC1. The summed E-state index contributed by atoms with van der Waals surface area (Å²) < 4.78 is 0. The van der Waals surface area contributed by atoms with Crippen LogP contribution in [0.4, 0.5) is 0 Å². The summed E-state index contributed by atoms with van der Waals surface area (Å²) in [5.74, 6) is 0.413. The van der Waals surface area contributed by atoms with Gasteiger partial charge in [0.1, 0.15) is 0 Å². The molecule has 1 aromatic rings. The Labute approximate surface area is 103 Å². The van der Waals surface area contributed by atoms with Crippen LogP contribution in [0.25, 0.3) is 0 Å². The molecule has 0 aromatic heterocycles. The summed E-state index contributed by atoms with van der Waals surface area (Å²) in [6, 6.07) is 10.5. The predicted octanol–water partition coefficient (Wildman–Crippen LogP) is 1.64. The van der Waals surface area contributed by atoms with Crippen LogP contribution in [-0.2, 0) is 11.3 Å². The molecule has 0 unspecified atom stereocenters. The molecule has 0 radical (unpaired) electrons. The van der Waals surface area contributed by atoms with Gasteiger partial charge in [0.2, 0.25) is 5.91 Å². The summed E-state index contributed by atoms with van der Waals surface area (Å²) in [5.41, 5.74) is 1.35. The highest BCUT2D eigenvalue weighted by atomic mass is 16.1. The summed E-state index contributed by atoms with van der Waals surface area (Å²) in [7, 11) is 1.72. The van der Waals surface area contributed by atoms with Crippen molar-refractivity contribution in [2.45, 2.75) is 19.4 Å². The summed E-state index contributed by atoms with van der Waals surface area (Å²) in [5, 5.41) is 2.74. The Morgan fingerprint density at radius 1 is 1.29 bits per heavy atom. The molecule has 17 heavy (non-hydrogen) atoms. The van der Waals surface area contributed by atoms with Crippen LogP contribution in [0.5, 0.6) is 0 Å². The lowest BCUT2D eigenvalue weighted by atomic mass is 9.95. The van der Waals surface area contributed by atoms with Crippen LogP contribution in [-0.4, -0.2) is 30.9 Å². The lowest BCUT2D eigenvalue weighted by Gasteiger charge is -2.31. The van der Waals surface area contributed by atoms with Crippen molar-refractivity contribution in [1.29, 1.82) is 0 Å². The molecule has 1 aromatic carbocycles. The Balaban J connectivity index is 1.82. The van der Waals surface area contributed by atoms with Crippen LogP contribution in [0.3, 0.4) is 0 Å². The maximum absolute atomic E-state index is 11.5. The van der Waals surface area contributed by atoms with Gasteiger partial charge in [-0.25, -0.2) is 0 Å². The largest absolute Gasteiger partial charge is 0.359 e. The number of hydrogen-bond acceptors (Lipinski definition) is 2. The van der Waals surface area contributed by atoms with Crippen molar-refractivity contribution >= 4 is 5.91 Å². The number of carbonyl (C=O) groups is 1. The van der Waals surface area contributed by atoms with Gasteiger partial charge in [-0.15, -0.1) is 0 Å². The van der Waals surface area contributed by atoms with Crippen molar-refractivity contribution in [3.05, 3.63) is 35.9 Å². The minimum atomic E-state index is 0.198. The van der Waals surface area contributed by atoms with Gasteiger partial charge in [0.25, 0.3) is 0 Å². The molecular formula is C14H20N2O. The molecule has 2 rings (SSSR count). The highest BCUT2D eigenvalue weighted by Crippen LogP contribution is 2.18. The Morgan fingerprint density at radius 3 is 2.53 bits per heavy atom. The fourth-order valence-corrected chi connectivity index (χ4v) is 2.40. The average molecular weight is 232 g/mol. The second kappa shape index (κ2) is 5.82. The lowest BCUT2D eigenvalue weighted by molar-refractivity contribution is -0.125. The summed E-state index contributed by atoms with van der Waals surface area (Å²) in [6.45, 7) is 3.04. The van der Waals surface area contributed by atoms with Gasteiger partial charge in [-0.1, -0.05) is 30.3 Å². The first-order valence-electron chi connectivity index (χ1n) is 6.27. The number of likely N-dealkylation sites (tertiary alicyclic amines) is 1. The zero-order valence-electron chi connectivity index (χ0n) is 10.4. The van der Waals surface area contributed by atoms with Crippen LogP contribution in [0.2, 0.25) is 0 Å². The molecule has 0 aliphatic carbocycles. The molecule has 1 aliphatic heterocycles. The topological polar surface area (TPSA) is 32.3 Å². The highest BCUT2D eigenvalue weighted by molar-refractivity contribution is 5.78. The highest BCUT2D eigenvalue weighted by Gasteiger charge is 2.23. The van der Waals surface area contributed by atoms with E-state index in [-0.39, 0.29) is 11.8 Å². The van der Waals surface area contributed by atoms with E-state index in [2.05, 4.69) is 34.5 Å². The fourth-order valence-electron chi connectivity index (χ4n) is 2.40. The fraction of sp³-hybridized carbons (Fsp3) is 0.500. The molecule has 0 atom stereocenters. The van der Waals surface area contributed by atoms with E-state index in [1.54, 1.807) is 7.05 Å². The van der Waals surface area contributed by atoms with Crippen molar-refractivity contribution in [1.82, 2.24) is 10.2 Å². The molecule has 3 heteroatoms. The van der Waals surface area contributed by atoms with E-state index in [1.165, 1.54) is 5.56 Å². The molecule has 3 nitrogen and oxygen atoms in total. The molecule has 1 amide bonds. The Morgan fingerprint density at radius 2 is 1.94 bits per heavy atom. The monoisotopic (exact) mass is 232 g/mol.